The van der Waals surface area contributed by atoms with Crippen molar-refractivity contribution in [1.82, 2.24) is 4.90 Å². The van der Waals surface area contributed by atoms with Gasteiger partial charge in [0.2, 0.25) is 0 Å². The largest absolute Gasteiger partial charge is 0.372 e. The van der Waals surface area contributed by atoms with Crippen LogP contribution in [0, 0.1) is 6.92 Å². The summed E-state index contributed by atoms with van der Waals surface area (Å²) in [4.78, 5) is 28.1. The van der Waals surface area contributed by atoms with E-state index < -0.39 is 0 Å². The molecule has 4 nitrogen and oxygen atoms in total. The number of carbonyl (C=O) groups excluding carboxylic acids is 2. The molecule has 22 heavy (non-hydrogen) atoms. The Morgan fingerprint density at radius 2 is 1.95 bits per heavy atom. The van der Waals surface area contributed by atoms with Crippen molar-refractivity contribution in [1.29, 1.82) is 0 Å². The highest BCUT2D eigenvalue weighted by atomic mass is 32.2. The Kier molecular flexibility index (Phi) is 4.25. The summed E-state index contributed by atoms with van der Waals surface area (Å²) in [5.74, 6) is -0.180. The lowest BCUT2D eigenvalue weighted by Gasteiger charge is -2.18. The molecule has 2 aliphatic heterocycles. The molecule has 2 fully saturated rings. The van der Waals surface area contributed by atoms with E-state index >= 15 is 0 Å². The zero-order valence-electron chi connectivity index (χ0n) is 13.0. The summed E-state index contributed by atoms with van der Waals surface area (Å²) in [6, 6.07) is 6.32. The number of hydrogen-bond donors (Lipinski definition) is 0. The van der Waals surface area contributed by atoms with Crippen molar-refractivity contribution in [2.75, 3.05) is 24.5 Å². The SMILES string of the molecule is CCN1C(=O)S/C(=C/c2ccc(N3CCCC3)cc2C)C1=O. The minimum absolute atomic E-state index is 0.176. The van der Waals surface area contributed by atoms with Gasteiger partial charge in [0, 0.05) is 25.3 Å². The average Bonchev–Trinajstić information content (AvgIpc) is 3.11. The van der Waals surface area contributed by atoms with Crippen molar-refractivity contribution in [3.05, 3.63) is 34.2 Å². The Labute approximate surface area is 135 Å². The van der Waals surface area contributed by atoms with Crippen molar-refractivity contribution >= 4 is 34.7 Å². The molecule has 0 atom stereocenters. The first kappa shape index (κ1) is 15.2. The van der Waals surface area contributed by atoms with Crippen LogP contribution in [0.1, 0.15) is 30.9 Å². The molecular formula is C17H20N2O2S. The molecule has 2 saturated heterocycles. The highest BCUT2D eigenvalue weighted by Crippen LogP contribution is 2.33. The maximum absolute atomic E-state index is 12.1. The second-order valence-corrected chi connectivity index (χ2v) is 6.65. The third kappa shape index (κ3) is 2.77. The Hall–Kier alpha value is -1.75. The van der Waals surface area contributed by atoms with E-state index in [0.29, 0.717) is 11.4 Å². The highest BCUT2D eigenvalue weighted by molar-refractivity contribution is 8.18. The average molecular weight is 316 g/mol. The van der Waals surface area contributed by atoms with Crippen LogP contribution in [-0.2, 0) is 4.79 Å². The van der Waals surface area contributed by atoms with Gasteiger partial charge < -0.3 is 4.90 Å². The number of aryl methyl sites for hydroxylation is 1. The van der Waals surface area contributed by atoms with E-state index in [1.54, 1.807) is 0 Å². The van der Waals surface area contributed by atoms with Gasteiger partial charge in [0.25, 0.3) is 11.1 Å². The third-order valence-corrected chi connectivity index (χ3v) is 5.11. The van der Waals surface area contributed by atoms with Crippen LogP contribution in [0.3, 0.4) is 0 Å². The number of likely N-dealkylation sites (N-methyl/N-ethyl adjacent to an activating group) is 1. The molecule has 0 saturated carbocycles. The van der Waals surface area contributed by atoms with Gasteiger partial charge in [-0.3, -0.25) is 14.5 Å². The topological polar surface area (TPSA) is 40.6 Å². The molecule has 0 aromatic heterocycles. The van der Waals surface area contributed by atoms with E-state index in [4.69, 9.17) is 0 Å². The Morgan fingerprint density at radius 1 is 1.23 bits per heavy atom. The molecular weight excluding hydrogens is 296 g/mol. The fourth-order valence-electron chi connectivity index (χ4n) is 2.91. The molecule has 1 aromatic rings. The molecule has 1 aromatic carbocycles. The zero-order valence-corrected chi connectivity index (χ0v) is 13.8. The summed E-state index contributed by atoms with van der Waals surface area (Å²) in [5.41, 5.74) is 3.38. The summed E-state index contributed by atoms with van der Waals surface area (Å²) in [6.07, 6.45) is 4.35. The van der Waals surface area contributed by atoms with E-state index in [9.17, 15) is 9.59 Å². The van der Waals surface area contributed by atoms with Crippen LogP contribution in [0.4, 0.5) is 10.5 Å². The van der Waals surface area contributed by atoms with Gasteiger partial charge >= 0.3 is 0 Å². The number of carbonyl (C=O) groups is 2. The zero-order chi connectivity index (χ0) is 15.7. The van der Waals surface area contributed by atoms with Crippen LogP contribution in [-0.4, -0.2) is 35.7 Å². The predicted molar refractivity (Wildman–Crippen MR) is 91.0 cm³/mol. The second-order valence-electron chi connectivity index (χ2n) is 5.66. The minimum atomic E-state index is -0.180. The number of benzene rings is 1. The van der Waals surface area contributed by atoms with Gasteiger partial charge in [-0.25, -0.2) is 0 Å². The smallest absolute Gasteiger partial charge is 0.293 e. The van der Waals surface area contributed by atoms with Crippen LogP contribution >= 0.6 is 11.8 Å². The van der Waals surface area contributed by atoms with Gasteiger partial charge in [-0.1, -0.05) is 6.07 Å². The molecule has 2 heterocycles. The molecule has 2 amide bonds. The molecule has 0 bridgehead atoms. The molecule has 116 valence electrons. The number of anilines is 1. The van der Waals surface area contributed by atoms with Crippen LogP contribution in [0.2, 0.25) is 0 Å². The van der Waals surface area contributed by atoms with Crippen LogP contribution in [0.5, 0.6) is 0 Å². The van der Waals surface area contributed by atoms with Gasteiger partial charge in [-0.2, -0.15) is 0 Å². The summed E-state index contributed by atoms with van der Waals surface area (Å²) >= 11 is 1.03. The molecule has 0 radical (unpaired) electrons. The first-order valence-electron chi connectivity index (χ1n) is 7.71. The summed E-state index contributed by atoms with van der Waals surface area (Å²) in [5, 5.41) is -0.176. The number of thioether (sulfide) groups is 1. The monoisotopic (exact) mass is 316 g/mol. The molecule has 0 aliphatic carbocycles. The van der Waals surface area contributed by atoms with Crippen molar-refractivity contribution in [3.8, 4) is 0 Å². The van der Waals surface area contributed by atoms with E-state index in [-0.39, 0.29) is 11.1 Å². The Bertz CT molecular complexity index is 648. The van der Waals surface area contributed by atoms with E-state index in [2.05, 4.69) is 24.0 Å². The lowest BCUT2D eigenvalue weighted by molar-refractivity contribution is -0.122. The van der Waals surface area contributed by atoms with Crippen molar-refractivity contribution in [3.63, 3.8) is 0 Å². The second kappa shape index (κ2) is 6.16. The quantitative estimate of drug-likeness (QED) is 0.798. The van der Waals surface area contributed by atoms with Crippen molar-refractivity contribution < 1.29 is 9.59 Å². The number of amides is 2. The van der Waals surface area contributed by atoms with Crippen LogP contribution < -0.4 is 4.90 Å². The first-order chi connectivity index (χ1) is 10.6. The Balaban J connectivity index is 1.85. The molecule has 3 rings (SSSR count). The number of hydrogen-bond acceptors (Lipinski definition) is 4. The van der Waals surface area contributed by atoms with Crippen molar-refractivity contribution in [2.45, 2.75) is 26.7 Å². The highest BCUT2D eigenvalue weighted by Gasteiger charge is 2.33. The maximum atomic E-state index is 12.1. The predicted octanol–water partition coefficient (Wildman–Crippen LogP) is 3.65. The van der Waals surface area contributed by atoms with E-state index in [0.717, 1.165) is 36.0 Å². The Morgan fingerprint density at radius 3 is 2.55 bits per heavy atom. The van der Waals surface area contributed by atoms with Gasteiger partial charge in [-0.05, 0) is 67.8 Å². The fraction of sp³-hybridized carbons (Fsp3) is 0.412. The number of nitrogens with zero attached hydrogens (tertiary/aromatic N) is 2. The molecule has 0 unspecified atom stereocenters. The van der Waals surface area contributed by atoms with Gasteiger partial charge in [0.1, 0.15) is 0 Å². The van der Waals surface area contributed by atoms with E-state index in [1.807, 2.05) is 19.1 Å². The first-order valence-corrected chi connectivity index (χ1v) is 8.52. The van der Waals surface area contributed by atoms with Gasteiger partial charge in [0.15, 0.2) is 0 Å². The molecule has 0 spiro atoms. The normalized spacial score (nSPS) is 20.5. The third-order valence-electron chi connectivity index (χ3n) is 4.20. The fourth-order valence-corrected chi connectivity index (χ4v) is 3.80. The lowest BCUT2D eigenvalue weighted by atomic mass is 10.1. The maximum Gasteiger partial charge on any atom is 0.293 e. The standard InChI is InChI=1S/C17H20N2O2S/c1-3-19-16(20)15(22-17(19)21)11-13-6-7-14(10-12(13)2)18-8-4-5-9-18/h6-7,10-11H,3-5,8-9H2,1-2H3/b15-11+. The molecule has 5 heteroatoms. The van der Waals surface area contributed by atoms with E-state index in [1.165, 1.54) is 23.4 Å². The number of imide groups is 1. The summed E-state index contributed by atoms with van der Waals surface area (Å²) in [7, 11) is 0. The summed E-state index contributed by atoms with van der Waals surface area (Å²) in [6.45, 7) is 6.53. The lowest BCUT2D eigenvalue weighted by Crippen LogP contribution is -2.27. The van der Waals surface area contributed by atoms with Crippen LogP contribution in [0.25, 0.3) is 6.08 Å². The van der Waals surface area contributed by atoms with Gasteiger partial charge in [0.05, 0.1) is 4.91 Å². The minimum Gasteiger partial charge on any atom is -0.372 e. The van der Waals surface area contributed by atoms with Crippen molar-refractivity contribution in [2.24, 2.45) is 0 Å². The summed E-state index contributed by atoms with van der Waals surface area (Å²) < 4.78 is 0. The number of rotatable bonds is 3. The van der Waals surface area contributed by atoms with Gasteiger partial charge in [-0.15, -0.1) is 0 Å². The molecule has 2 aliphatic rings. The van der Waals surface area contributed by atoms with Crippen LogP contribution in [0.15, 0.2) is 23.1 Å². The molecule has 0 N–H and O–H groups in total.